The standard InChI is InChI=1S/C5H5.3CH5N.4ClH.Zr/c1-2-4-5-3-1;3*1-2;;;;;/h1-5H;3*2H2,1H3;4*1H;/q;;;;;;;;+4/p-4. The summed E-state index contributed by atoms with van der Waals surface area (Å²) >= 11 is -3.29. The normalized spacial score (nSPS) is 10.4. The van der Waals surface area contributed by atoms with Crippen molar-refractivity contribution in [2.45, 2.75) is 0 Å². The van der Waals surface area contributed by atoms with Crippen molar-refractivity contribution < 1.29 is 15.5 Å². The van der Waals surface area contributed by atoms with E-state index in [1.165, 1.54) is 21.1 Å². The molecule has 1 rings (SSSR count). The molecule has 0 atom stereocenters. The van der Waals surface area contributed by atoms with Crippen molar-refractivity contribution in [2.75, 3.05) is 21.1 Å². The Balaban J connectivity index is -0.0000000619. The molecule has 0 spiro atoms. The van der Waals surface area contributed by atoms with Gasteiger partial charge < -0.3 is 17.2 Å². The molecule has 6 N–H and O–H groups in total. The second-order valence-electron chi connectivity index (χ2n) is 1.39. The zero-order valence-corrected chi connectivity index (χ0v) is 15.1. The predicted molar refractivity (Wildman–Crippen MR) is 76.3 cm³/mol. The molecule has 0 bridgehead atoms. The molecule has 16 heavy (non-hydrogen) atoms. The van der Waals surface area contributed by atoms with Crippen molar-refractivity contribution in [3.05, 3.63) is 30.7 Å². The minimum absolute atomic E-state index is 1.50. The van der Waals surface area contributed by atoms with E-state index >= 15 is 0 Å². The average Bonchev–Trinajstić information content (AvgIpc) is 2.82. The van der Waals surface area contributed by atoms with E-state index in [1.807, 2.05) is 30.7 Å². The summed E-state index contributed by atoms with van der Waals surface area (Å²) in [6.45, 7) is 0. The molecule has 0 amide bonds. The fraction of sp³-hybridized carbons (Fsp3) is 0.375. The Labute approximate surface area is 118 Å². The average molecular weight is 391 g/mol. The van der Waals surface area contributed by atoms with Crippen molar-refractivity contribution in [3.8, 4) is 0 Å². The van der Waals surface area contributed by atoms with Gasteiger partial charge >= 0.3 is 49.5 Å². The Hall–Kier alpha value is 1.40. The maximum absolute atomic E-state index is 5.04. The van der Waals surface area contributed by atoms with Gasteiger partial charge in [0.2, 0.25) is 0 Å². The summed E-state index contributed by atoms with van der Waals surface area (Å²) in [7, 11) is 24.6. The molecule has 0 heterocycles. The van der Waals surface area contributed by atoms with Gasteiger partial charge in [0.1, 0.15) is 0 Å². The molecule has 0 saturated heterocycles. The van der Waals surface area contributed by atoms with Crippen LogP contribution in [0.4, 0.5) is 0 Å². The summed E-state index contributed by atoms with van der Waals surface area (Å²) in [5.41, 5.74) is 13.5. The quantitative estimate of drug-likeness (QED) is 0.594. The molecule has 0 aromatic carbocycles. The van der Waals surface area contributed by atoms with E-state index in [0.717, 1.165) is 0 Å². The topological polar surface area (TPSA) is 78.1 Å². The Bertz CT molecular complexity index is 133. The van der Waals surface area contributed by atoms with Gasteiger partial charge in [0.25, 0.3) is 0 Å². The molecule has 8 heteroatoms. The number of halogens is 4. The van der Waals surface area contributed by atoms with Crippen molar-refractivity contribution in [1.82, 2.24) is 0 Å². The van der Waals surface area contributed by atoms with Crippen molar-refractivity contribution >= 4 is 34.1 Å². The predicted octanol–water partition coefficient (Wildman–Crippen LogP) is 2.80. The first kappa shape index (κ1) is 26.1. The Morgan fingerprint density at radius 1 is 0.625 bits per heavy atom. The molecule has 1 aliphatic carbocycles. The van der Waals surface area contributed by atoms with Crippen LogP contribution in [-0.4, -0.2) is 21.1 Å². The minimum atomic E-state index is -3.29. The van der Waals surface area contributed by atoms with Gasteiger partial charge in [-0.25, -0.2) is 0 Å². The molecule has 3 nitrogen and oxygen atoms in total. The summed E-state index contributed by atoms with van der Waals surface area (Å²) in [6, 6.07) is 0. The summed E-state index contributed by atoms with van der Waals surface area (Å²) < 4.78 is 0. The summed E-state index contributed by atoms with van der Waals surface area (Å²) in [6.07, 6.45) is 10.0. The SMILES string of the molecule is CN.CN.CN.[CH]1C=CC=C1.[Cl][Zr]([Cl])([Cl])[Cl]. The molecular formula is C8H20Cl4N3Zr. The van der Waals surface area contributed by atoms with Gasteiger partial charge in [0.05, 0.1) is 0 Å². The van der Waals surface area contributed by atoms with E-state index in [0.29, 0.717) is 0 Å². The summed E-state index contributed by atoms with van der Waals surface area (Å²) in [5, 5.41) is 0. The maximum atomic E-state index is 5.04. The number of hydrogen-bond acceptors (Lipinski definition) is 3. The third kappa shape index (κ3) is 77.9. The molecule has 0 aromatic rings. The second-order valence-corrected chi connectivity index (χ2v) is 23.8. The third-order valence-corrected chi connectivity index (χ3v) is 0.556. The Morgan fingerprint density at radius 2 is 0.812 bits per heavy atom. The molecule has 99 valence electrons. The van der Waals surface area contributed by atoms with Gasteiger partial charge in [-0.1, -0.05) is 24.3 Å². The van der Waals surface area contributed by atoms with E-state index in [2.05, 4.69) is 17.2 Å². The van der Waals surface area contributed by atoms with Crippen molar-refractivity contribution in [2.24, 2.45) is 17.2 Å². The van der Waals surface area contributed by atoms with Gasteiger partial charge in [-0.3, -0.25) is 0 Å². The van der Waals surface area contributed by atoms with Crippen LogP contribution in [0.25, 0.3) is 0 Å². The van der Waals surface area contributed by atoms with Gasteiger partial charge in [0, 0.05) is 6.42 Å². The van der Waals surface area contributed by atoms with Gasteiger partial charge in [-0.15, -0.1) is 0 Å². The molecular weight excluding hydrogens is 371 g/mol. The molecule has 0 aliphatic heterocycles. The van der Waals surface area contributed by atoms with Crippen LogP contribution >= 0.6 is 34.1 Å². The fourth-order valence-corrected chi connectivity index (χ4v) is 0.321. The zero-order chi connectivity index (χ0) is 14.0. The number of nitrogens with two attached hydrogens (primary N) is 3. The third-order valence-electron chi connectivity index (χ3n) is 0.556. The van der Waals surface area contributed by atoms with Crippen LogP contribution < -0.4 is 17.2 Å². The van der Waals surface area contributed by atoms with Crippen LogP contribution in [0, 0.1) is 6.42 Å². The first-order chi connectivity index (χ1) is 7.50. The van der Waals surface area contributed by atoms with Crippen LogP contribution in [-0.2, 0) is 15.5 Å². The van der Waals surface area contributed by atoms with E-state index < -0.39 is 15.5 Å². The van der Waals surface area contributed by atoms with Gasteiger partial charge in [-0.05, 0) is 21.1 Å². The van der Waals surface area contributed by atoms with Crippen LogP contribution in [0.3, 0.4) is 0 Å². The summed E-state index contributed by atoms with van der Waals surface area (Å²) in [5.74, 6) is 0. The van der Waals surface area contributed by atoms with E-state index in [1.54, 1.807) is 0 Å². The molecule has 0 fully saturated rings. The van der Waals surface area contributed by atoms with E-state index in [-0.39, 0.29) is 0 Å². The van der Waals surface area contributed by atoms with Crippen LogP contribution in [0.1, 0.15) is 0 Å². The fourth-order valence-electron chi connectivity index (χ4n) is 0.321. The number of allylic oxidation sites excluding steroid dienone is 4. The first-order valence-corrected chi connectivity index (χ1v) is 16.8. The van der Waals surface area contributed by atoms with Gasteiger partial charge in [-0.2, -0.15) is 0 Å². The monoisotopic (exact) mass is 388 g/mol. The molecule has 0 aromatic heterocycles. The van der Waals surface area contributed by atoms with Crippen molar-refractivity contribution in [3.63, 3.8) is 0 Å². The van der Waals surface area contributed by atoms with Crippen molar-refractivity contribution in [1.29, 1.82) is 0 Å². The van der Waals surface area contributed by atoms with Gasteiger partial charge in [0.15, 0.2) is 0 Å². The van der Waals surface area contributed by atoms with Crippen LogP contribution in [0.15, 0.2) is 24.3 Å². The number of rotatable bonds is 0. The van der Waals surface area contributed by atoms with Crippen LogP contribution in [0.2, 0.25) is 0 Å². The van der Waals surface area contributed by atoms with E-state index in [4.69, 9.17) is 34.1 Å². The summed E-state index contributed by atoms with van der Waals surface area (Å²) in [4.78, 5) is 0. The Kier molecular flexibility index (Phi) is 41.2. The number of hydrogen-bond donors (Lipinski definition) is 3. The molecule has 0 saturated carbocycles. The second kappa shape index (κ2) is 25.3. The first-order valence-electron chi connectivity index (χ1n) is 4.15. The van der Waals surface area contributed by atoms with E-state index in [9.17, 15) is 0 Å². The zero-order valence-electron chi connectivity index (χ0n) is 9.63. The van der Waals surface area contributed by atoms with Crippen LogP contribution in [0.5, 0.6) is 0 Å². The molecule has 1 radical (unpaired) electrons. The Morgan fingerprint density at radius 3 is 0.875 bits per heavy atom. The molecule has 0 unspecified atom stereocenters. The molecule has 1 aliphatic rings.